The van der Waals surface area contributed by atoms with Gasteiger partial charge < -0.3 is 11.1 Å². The number of aromatic nitrogens is 1. The van der Waals surface area contributed by atoms with Gasteiger partial charge in [0.05, 0.1) is 6.54 Å². The lowest BCUT2D eigenvalue weighted by molar-refractivity contribution is -0.130. The first-order chi connectivity index (χ1) is 17.4. The van der Waals surface area contributed by atoms with Crippen LogP contribution >= 0.6 is 0 Å². The van der Waals surface area contributed by atoms with Gasteiger partial charge in [-0.25, -0.2) is 13.8 Å². The van der Waals surface area contributed by atoms with E-state index in [0.29, 0.717) is 17.9 Å². The quantitative estimate of drug-likeness (QED) is 0.421. The minimum Gasteiger partial charge on any atom is -0.383 e. The summed E-state index contributed by atoms with van der Waals surface area (Å²) in [6.45, 7) is 2.34. The molecule has 198 valence electrons. The second kappa shape index (κ2) is 13.2. The number of nitrogen functional groups attached to an aromatic ring is 1. The van der Waals surface area contributed by atoms with Gasteiger partial charge >= 0.3 is 0 Å². The number of Topliss-reactive ketones (excluding diaryl/α,β-unsaturated/α-hetero) is 1. The summed E-state index contributed by atoms with van der Waals surface area (Å²) in [5.41, 5.74) is 7.27. The van der Waals surface area contributed by atoms with Crippen molar-refractivity contribution in [3.05, 3.63) is 71.4 Å². The van der Waals surface area contributed by atoms with Gasteiger partial charge in [0.25, 0.3) is 0 Å². The summed E-state index contributed by atoms with van der Waals surface area (Å²) in [7, 11) is 0. The molecule has 3 N–H and O–H groups in total. The van der Waals surface area contributed by atoms with Crippen LogP contribution in [0.25, 0.3) is 10.8 Å². The predicted molar refractivity (Wildman–Crippen MR) is 143 cm³/mol. The van der Waals surface area contributed by atoms with Crippen LogP contribution in [-0.2, 0) is 22.6 Å². The molecule has 37 heavy (non-hydrogen) atoms. The molecule has 6 nitrogen and oxygen atoms in total. The summed E-state index contributed by atoms with van der Waals surface area (Å²) in [5.74, 6) is -2.46. The zero-order valence-electron chi connectivity index (χ0n) is 20.3. The first-order valence-corrected chi connectivity index (χ1v) is 12.5. The number of amides is 1. The van der Waals surface area contributed by atoms with Gasteiger partial charge in [0.15, 0.2) is 11.6 Å². The lowest BCUT2D eigenvalue weighted by Gasteiger charge is -2.21. The SMILES string of the molecule is C.Nc1nccc2cc(CNC(=O)[C@@H](CC(=O)CN3CCCCCC3)Cc3ccc(F)c(F)c3)ccc12. The van der Waals surface area contributed by atoms with E-state index in [0.717, 1.165) is 54.4 Å². The Hall–Kier alpha value is -3.39. The van der Waals surface area contributed by atoms with Crippen molar-refractivity contribution in [3.63, 3.8) is 0 Å². The number of benzene rings is 2. The van der Waals surface area contributed by atoms with Crippen LogP contribution in [0.15, 0.2) is 48.7 Å². The molecule has 1 aliphatic heterocycles. The molecule has 0 radical (unpaired) electrons. The zero-order valence-corrected chi connectivity index (χ0v) is 20.3. The van der Waals surface area contributed by atoms with Crippen molar-refractivity contribution in [2.75, 3.05) is 25.4 Å². The Kier molecular flexibility index (Phi) is 10.1. The van der Waals surface area contributed by atoms with E-state index in [1.54, 1.807) is 6.20 Å². The van der Waals surface area contributed by atoms with Crippen molar-refractivity contribution >= 4 is 28.3 Å². The van der Waals surface area contributed by atoms with Crippen molar-refractivity contribution in [1.29, 1.82) is 0 Å². The number of halogens is 2. The van der Waals surface area contributed by atoms with Gasteiger partial charge in [0.2, 0.25) is 5.91 Å². The van der Waals surface area contributed by atoms with E-state index >= 15 is 0 Å². The van der Waals surface area contributed by atoms with E-state index in [1.807, 2.05) is 24.3 Å². The summed E-state index contributed by atoms with van der Waals surface area (Å²) in [6, 6.07) is 11.1. The summed E-state index contributed by atoms with van der Waals surface area (Å²) in [4.78, 5) is 32.4. The highest BCUT2D eigenvalue weighted by Gasteiger charge is 2.24. The highest BCUT2D eigenvalue weighted by Crippen LogP contribution is 2.21. The molecule has 1 saturated heterocycles. The first kappa shape index (κ1) is 28.2. The molecule has 0 bridgehead atoms. The van der Waals surface area contributed by atoms with Gasteiger partial charge in [-0.3, -0.25) is 14.5 Å². The molecule has 1 aliphatic rings. The van der Waals surface area contributed by atoms with E-state index in [9.17, 15) is 18.4 Å². The number of ketones is 1. The second-order valence-corrected chi connectivity index (χ2v) is 9.55. The Morgan fingerprint density at radius 1 is 0.973 bits per heavy atom. The summed E-state index contributed by atoms with van der Waals surface area (Å²) in [5, 5.41) is 4.68. The van der Waals surface area contributed by atoms with Crippen LogP contribution in [0, 0.1) is 17.6 Å². The topological polar surface area (TPSA) is 88.3 Å². The highest BCUT2D eigenvalue weighted by molar-refractivity contribution is 5.91. The standard InChI is InChI=1S/C28H32F2N4O2.CH4/c29-25-8-6-19(15-26(25)30)13-22(16-23(35)18-34-11-3-1-2-4-12-34)28(36)33-17-20-5-7-24-21(14-20)9-10-32-27(24)31;/h5-10,14-15,22H,1-4,11-13,16-18H2,(H2,31,32)(H,33,36);1H4/t22-;/m1./s1. The Morgan fingerprint density at radius 2 is 1.70 bits per heavy atom. The van der Waals surface area contributed by atoms with E-state index in [4.69, 9.17) is 5.73 Å². The number of hydrogen-bond acceptors (Lipinski definition) is 5. The molecule has 2 heterocycles. The average molecular weight is 511 g/mol. The van der Waals surface area contributed by atoms with Crippen molar-refractivity contribution in [2.24, 2.45) is 5.92 Å². The van der Waals surface area contributed by atoms with Crippen LogP contribution in [0.1, 0.15) is 50.7 Å². The fraction of sp³-hybridized carbons (Fsp3) is 0.414. The number of nitrogens with one attached hydrogen (secondary N) is 1. The molecule has 0 saturated carbocycles. The van der Waals surface area contributed by atoms with Gasteiger partial charge in [-0.1, -0.05) is 38.5 Å². The number of hydrogen-bond donors (Lipinski definition) is 2. The third-order valence-electron chi connectivity index (χ3n) is 6.74. The maximum absolute atomic E-state index is 13.8. The molecular formula is C29H36F2N4O2. The Labute approximate surface area is 217 Å². The van der Waals surface area contributed by atoms with Crippen LogP contribution in [-0.4, -0.2) is 41.2 Å². The minimum atomic E-state index is -0.965. The number of nitrogens with zero attached hydrogens (tertiary/aromatic N) is 2. The third-order valence-corrected chi connectivity index (χ3v) is 6.74. The number of likely N-dealkylation sites (tertiary alicyclic amines) is 1. The number of rotatable bonds is 9. The van der Waals surface area contributed by atoms with E-state index < -0.39 is 17.6 Å². The van der Waals surface area contributed by atoms with Crippen molar-refractivity contribution < 1.29 is 18.4 Å². The fourth-order valence-electron chi connectivity index (χ4n) is 4.79. The molecule has 8 heteroatoms. The van der Waals surface area contributed by atoms with Crippen LogP contribution in [0.4, 0.5) is 14.6 Å². The van der Waals surface area contributed by atoms with Gasteiger partial charge in [0, 0.05) is 30.5 Å². The predicted octanol–water partition coefficient (Wildman–Crippen LogP) is 5.04. The monoisotopic (exact) mass is 510 g/mol. The largest absolute Gasteiger partial charge is 0.383 e. The Balaban J connectivity index is 0.00000380. The molecule has 0 aliphatic carbocycles. The van der Waals surface area contributed by atoms with E-state index in [-0.39, 0.29) is 38.5 Å². The molecular weight excluding hydrogens is 474 g/mol. The molecule has 0 spiro atoms. The molecule has 1 fully saturated rings. The van der Waals surface area contributed by atoms with Gasteiger partial charge in [0.1, 0.15) is 11.6 Å². The normalized spacial score (nSPS) is 15.0. The second-order valence-electron chi connectivity index (χ2n) is 9.55. The summed E-state index contributed by atoms with van der Waals surface area (Å²) >= 11 is 0. The fourth-order valence-corrected chi connectivity index (χ4v) is 4.79. The Morgan fingerprint density at radius 3 is 2.43 bits per heavy atom. The number of carbonyl (C=O) groups excluding carboxylic acids is 2. The average Bonchev–Trinajstić information content (AvgIpc) is 3.13. The lowest BCUT2D eigenvalue weighted by Crippen LogP contribution is -2.36. The van der Waals surface area contributed by atoms with Crippen LogP contribution < -0.4 is 11.1 Å². The molecule has 3 aromatic rings. The lowest BCUT2D eigenvalue weighted by atomic mass is 9.93. The molecule has 1 atom stereocenters. The maximum atomic E-state index is 13.8. The highest BCUT2D eigenvalue weighted by atomic mass is 19.2. The van der Waals surface area contributed by atoms with E-state index in [2.05, 4.69) is 15.2 Å². The maximum Gasteiger partial charge on any atom is 0.224 e. The minimum absolute atomic E-state index is 0. The smallest absolute Gasteiger partial charge is 0.224 e. The molecule has 2 aromatic carbocycles. The molecule has 1 aromatic heterocycles. The number of fused-ring (bicyclic) bond motifs is 1. The van der Waals surface area contributed by atoms with Gasteiger partial charge in [-0.05, 0) is 73.1 Å². The van der Waals surface area contributed by atoms with E-state index in [1.165, 1.54) is 18.9 Å². The number of pyridine rings is 1. The van der Waals surface area contributed by atoms with Gasteiger partial charge in [-0.15, -0.1) is 0 Å². The Bertz CT molecular complexity index is 1230. The zero-order chi connectivity index (χ0) is 25.5. The van der Waals surface area contributed by atoms with Crippen molar-refractivity contribution in [3.8, 4) is 0 Å². The molecule has 0 unspecified atom stereocenters. The number of nitrogens with two attached hydrogens (primary N) is 1. The number of anilines is 1. The van der Waals surface area contributed by atoms with Crippen LogP contribution in [0.3, 0.4) is 0 Å². The van der Waals surface area contributed by atoms with Crippen LogP contribution in [0.5, 0.6) is 0 Å². The summed E-state index contributed by atoms with van der Waals surface area (Å²) in [6.07, 6.45) is 6.30. The number of carbonyl (C=O) groups is 2. The van der Waals surface area contributed by atoms with Crippen LogP contribution in [0.2, 0.25) is 0 Å². The van der Waals surface area contributed by atoms with Crippen molar-refractivity contribution in [1.82, 2.24) is 15.2 Å². The third kappa shape index (κ3) is 7.79. The van der Waals surface area contributed by atoms with Crippen molar-refractivity contribution in [2.45, 2.75) is 52.5 Å². The first-order valence-electron chi connectivity index (χ1n) is 12.5. The molecule has 1 amide bonds. The molecule has 4 rings (SSSR count). The van der Waals surface area contributed by atoms with Gasteiger partial charge in [-0.2, -0.15) is 0 Å². The summed E-state index contributed by atoms with van der Waals surface area (Å²) < 4.78 is 27.2.